The molecule has 1 aliphatic rings. The molecule has 1 heterocycles. The standard InChI is InChI=1S/C30H24N2O4/c1-20-9-5-8-14-27(20)36-23-17-15-22(16-18-23)31-28(33)26(19-21-10-3-2-4-11-21)32-29(34)24-12-6-7-13-25(24)30(32)35/h2-18,26H,19H2,1H3,(H,31,33)/t26-/m0/s1. The van der Waals surface area contributed by atoms with Crippen molar-refractivity contribution in [3.8, 4) is 11.5 Å². The van der Waals surface area contributed by atoms with E-state index in [4.69, 9.17) is 4.74 Å². The van der Waals surface area contributed by atoms with Crippen LogP contribution in [0.4, 0.5) is 5.69 Å². The number of carbonyl (C=O) groups is 3. The van der Waals surface area contributed by atoms with Crippen LogP contribution in [0.5, 0.6) is 11.5 Å². The summed E-state index contributed by atoms with van der Waals surface area (Å²) in [5.74, 6) is 0.00886. The monoisotopic (exact) mass is 476 g/mol. The predicted octanol–water partition coefficient (Wildman–Crippen LogP) is 5.63. The molecule has 6 nitrogen and oxygen atoms in total. The summed E-state index contributed by atoms with van der Waals surface area (Å²) >= 11 is 0. The Hall–Kier alpha value is -4.71. The smallest absolute Gasteiger partial charge is 0.262 e. The number of hydrogen-bond acceptors (Lipinski definition) is 4. The number of nitrogens with one attached hydrogen (secondary N) is 1. The lowest BCUT2D eigenvalue weighted by Gasteiger charge is -2.25. The number of anilines is 1. The van der Waals surface area contributed by atoms with Crippen molar-refractivity contribution in [1.82, 2.24) is 4.90 Å². The van der Waals surface area contributed by atoms with Crippen LogP contribution in [-0.2, 0) is 11.2 Å². The Kier molecular flexibility index (Phi) is 6.33. The number of aryl methyl sites for hydroxylation is 1. The topological polar surface area (TPSA) is 75.7 Å². The number of amides is 3. The van der Waals surface area contributed by atoms with Crippen molar-refractivity contribution in [3.63, 3.8) is 0 Å². The van der Waals surface area contributed by atoms with Gasteiger partial charge in [0.2, 0.25) is 5.91 Å². The van der Waals surface area contributed by atoms with Gasteiger partial charge in [-0.05, 0) is 60.5 Å². The van der Waals surface area contributed by atoms with E-state index in [9.17, 15) is 14.4 Å². The summed E-state index contributed by atoms with van der Waals surface area (Å²) in [5, 5.41) is 2.87. The largest absolute Gasteiger partial charge is 0.457 e. The number of carbonyl (C=O) groups excluding carboxylic acids is 3. The molecule has 0 fully saturated rings. The molecule has 0 aromatic heterocycles. The van der Waals surface area contributed by atoms with Gasteiger partial charge >= 0.3 is 0 Å². The zero-order chi connectivity index (χ0) is 25.1. The highest BCUT2D eigenvalue weighted by Crippen LogP contribution is 2.28. The molecule has 1 atom stereocenters. The molecule has 5 rings (SSSR count). The maximum Gasteiger partial charge on any atom is 0.262 e. The maximum absolute atomic E-state index is 13.5. The van der Waals surface area contributed by atoms with Crippen LogP contribution < -0.4 is 10.1 Å². The first-order valence-electron chi connectivity index (χ1n) is 11.7. The summed E-state index contributed by atoms with van der Waals surface area (Å²) in [5.41, 5.74) is 3.01. The van der Waals surface area contributed by atoms with Gasteiger partial charge in [0.15, 0.2) is 0 Å². The van der Waals surface area contributed by atoms with E-state index < -0.39 is 23.8 Å². The van der Waals surface area contributed by atoms with Gasteiger partial charge in [-0.1, -0.05) is 60.7 Å². The summed E-state index contributed by atoms with van der Waals surface area (Å²) in [6.07, 6.45) is 0.201. The van der Waals surface area contributed by atoms with Crippen LogP contribution in [0, 0.1) is 6.92 Å². The molecule has 0 radical (unpaired) electrons. The van der Waals surface area contributed by atoms with Crippen molar-refractivity contribution < 1.29 is 19.1 Å². The van der Waals surface area contributed by atoms with Crippen molar-refractivity contribution in [1.29, 1.82) is 0 Å². The van der Waals surface area contributed by atoms with E-state index in [1.807, 2.05) is 61.5 Å². The van der Waals surface area contributed by atoms with Crippen molar-refractivity contribution in [2.75, 3.05) is 5.32 Å². The molecule has 3 amide bonds. The zero-order valence-electron chi connectivity index (χ0n) is 19.7. The zero-order valence-corrected chi connectivity index (χ0v) is 19.7. The summed E-state index contributed by atoms with van der Waals surface area (Å²) in [7, 11) is 0. The SMILES string of the molecule is Cc1ccccc1Oc1ccc(NC(=O)[C@H](Cc2ccccc2)N2C(=O)c3ccccc3C2=O)cc1. The van der Waals surface area contributed by atoms with Gasteiger partial charge in [0.1, 0.15) is 17.5 Å². The van der Waals surface area contributed by atoms with Crippen molar-refractivity contribution in [3.05, 3.63) is 125 Å². The van der Waals surface area contributed by atoms with Crippen LogP contribution in [0.3, 0.4) is 0 Å². The molecule has 6 heteroatoms. The molecule has 1 N–H and O–H groups in total. The molecule has 0 bridgehead atoms. The lowest BCUT2D eigenvalue weighted by atomic mass is 10.0. The van der Waals surface area contributed by atoms with Crippen molar-refractivity contribution in [2.24, 2.45) is 0 Å². The maximum atomic E-state index is 13.5. The number of ether oxygens (including phenoxy) is 1. The Morgan fingerprint density at radius 2 is 1.36 bits per heavy atom. The lowest BCUT2D eigenvalue weighted by Crippen LogP contribution is -2.48. The van der Waals surface area contributed by atoms with E-state index in [0.29, 0.717) is 22.6 Å². The normalized spacial score (nSPS) is 13.3. The predicted molar refractivity (Wildman–Crippen MR) is 137 cm³/mol. The number of nitrogens with zero attached hydrogens (tertiary/aromatic N) is 1. The minimum absolute atomic E-state index is 0.201. The Bertz CT molecular complexity index is 1400. The Labute approximate surface area is 209 Å². The highest BCUT2D eigenvalue weighted by atomic mass is 16.5. The van der Waals surface area contributed by atoms with E-state index in [0.717, 1.165) is 21.8 Å². The lowest BCUT2D eigenvalue weighted by molar-refractivity contribution is -0.119. The molecule has 178 valence electrons. The number of benzene rings is 4. The van der Waals surface area contributed by atoms with E-state index in [2.05, 4.69) is 5.32 Å². The quantitative estimate of drug-likeness (QED) is 0.351. The molecular weight excluding hydrogens is 452 g/mol. The van der Waals surface area contributed by atoms with Gasteiger partial charge in [-0.2, -0.15) is 0 Å². The molecule has 4 aromatic carbocycles. The van der Waals surface area contributed by atoms with E-state index >= 15 is 0 Å². The van der Waals surface area contributed by atoms with Crippen LogP contribution in [0.25, 0.3) is 0 Å². The van der Waals surface area contributed by atoms with Crippen LogP contribution >= 0.6 is 0 Å². The molecule has 36 heavy (non-hydrogen) atoms. The first kappa shape index (κ1) is 23.1. The highest BCUT2D eigenvalue weighted by Gasteiger charge is 2.42. The van der Waals surface area contributed by atoms with Crippen LogP contribution in [0.2, 0.25) is 0 Å². The van der Waals surface area contributed by atoms with Gasteiger partial charge in [-0.15, -0.1) is 0 Å². The van der Waals surface area contributed by atoms with Gasteiger partial charge in [-0.3, -0.25) is 19.3 Å². The Morgan fingerprint density at radius 3 is 2.00 bits per heavy atom. The summed E-state index contributed by atoms with van der Waals surface area (Å²) in [4.78, 5) is 40.9. The number of hydrogen-bond donors (Lipinski definition) is 1. The molecule has 4 aromatic rings. The molecular formula is C30H24N2O4. The first-order valence-corrected chi connectivity index (χ1v) is 11.7. The second kappa shape index (κ2) is 9.88. The van der Waals surface area contributed by atoms with Crippen LogP contribution in [0.15, 0.2) is 103 Å². The molecule has 0 aliphatic carbocycles. The van der Waals surface area contributed by atoms with Crippen molar-refractivity contribution in [2.45, 2.75) is 19.4 Å². The average Bonchev–Trinajstić information content (AvgIpc) is 3.15. The fourth-order valence-electron chi connectivity index (χ4n) is 4.26. The van der Waals surface area contributed by atoms with Gasteiger partial charge < -0.3 is 10.1 Å². The number of para-hydroxylation sites is 1. The highest BCUT2D eigenvalue weighted by molar-refractivity contribution is 6.23. The molecule has 1 aliphatic heterocycles. The summed E-state index contributed by atoms with van der Waals surface area (Å²) < 4.78 is 5.93. The van der Waals surface area contributed by atoms with Crippen LogP contribution in [-0.4, -0.2) is 28.7 Å². The third-order valence-corrected chi connectivity index (χ3v) is 6.15. The molecule has 0 saturated heterocycles. The Morgan fingerprint density at radius 1 is 0.778 bits per heavy atom. The number of imide groups is 1. The summed E-state index contributed by atoms with van der Waals surface area (Å²) in [6.45, 7) is 1.97. The van der Waals surface area contributed by atoms with Gasteiger partial charge in [-0.25, -0.2) is 0 Å². The molecule has 0 unspecified atom stereocenters. The van der Waals surface area contributed by atoms with E-state index in [1.165, 1.54) is 0 Å². The van der Waals surface area contributed by atoms with Gasteiger partial charge in [0.25, 0.3) is 11.8 Å². The third-order valence-electron chi connectivity index (χ3n) is 6.15. The first-order chi connectivity index (χ1) is 17.5. The van der Waals surface area contributed by atoms with Gasteiger partial charge in [0, 0.05) is 12.1 Å². The summed E-state index contributed by atoms with van der Waals surface area (Å²) in [6, 6.07) is 29.7. The van der Waals surface area contributed by atoms with E-state index in [1.54, 1.807) is 48.5 Å². The minimum atomic E-state index is -1.01. The third kappa shape index (κ3) is 4.61. The minimum Gasteiger partial charge on any atom is -0.457 e. The van der Waals surface area contributed by atoms with Crippen molar-refractivity contribution >= 4 is 23.4 Å². The fourth-order valence-corrected chi connectivity index (χ4v) is 4.26. The second-order valence-electron chi connectivity index (χ2n) is 8.61. The van der Waals surface area contributed by atoms with Gasteiger partial charge in [0.05, 0.1) is 11.1 Å². The fraction of sp³-hybridized carbons (Fsp3) is 0.100. The number of rotatable bonds is 7. The number of fused-ring (bicyclic) bond motifs is 1. The average molecular weight is 477 g/mol. The molecule has 0 saturated carbocycles. The second-order valence-corrected chi connectivity index (χ2v) is 8.61. The Balaban J connectivity index is 1.37. The van der Waals surface area contributed by atoms with Crippen LogP contribution in [0.1, 0.15) is 31.8 Å². The van der Waals surface area contributed by atoms with E-state index in [-0.39, 0.29) is 6.42 Å². The molecule has 0 spiro atoms.